The number of anilines is 1. The number of fused-ring (bicyclic) bond motifs is 1. The maximum Gasteiger partial charge on any atom is 0.256 e. The van der Waals surface area contributed by atoms with E-state index in [1.807, 2.05) is 24.3 Å². The molecule has 1 amide bonds. The molecule has 2 heterocycles. The molecule has 126 valence electrons. The summed E-state index contributed by atoms with van der Waals surface area (Å²) in [6.45, 7) is 0.326. The Morgan fingerprint density at radius 3 is 2.76 bits per heavy atom. The molecule has 2 aromatic carbocycles. The van der Waals surface area contributed by atoms with E-state index in [4.69, 9.17) is 16.0 Å². The van der Waals surface area contributed by atoms with Crippen molar-refractivity contribution >= 4 is 23.2 Å². The zero-order valence-electron chi connectivity index (χ0n) is 13.1. The molecule has 1 aromatic heterocycles. The molecule has 1 aliphatic rings. The van der Waals surface area contributed by atoms with Crippen molar-refractivity contribution in [2.45, 2.75) is 12.7 Å². The van der Waals surface area contributed by atoms with Crippen molar-refractivity contribution in [1.82, 2.24) is 4.90 Å². The second-order valence-electron chi connectivity index (χ2n) is 5.78. The van der Waals surface area contributed by atoms with Crippen LogP contribution in [0.2, 0.25) is 5.02 Å². The molecule has 1 aliphatic heterocycles. The second-order valence-corrected chi connectivity index (χ2v) is 6.18. The molecule has 1 atom stereocenters. The molecule has 0 radical (unpaired) electrons. The van der Waals surface area contributed by atoms with Crippen LogP contribution in [0.15, 0.2) is 65.3 Å². The molecule has 0 bridgehead atoms. The summed E-state index contributed by atoms with van der Waals surface area (Å²) in [5.41, 5.74) is 2.13. The van der Waals surface area contributed by atoms with E-state index in [0.29, 0.717) is 23.6 Å². The molecule has 0 aliphatic carbocycles. The number of benzene rings is 2. The highest BCUT2D eigenvalue weighted by Gasteiger charge is 2.36. The minimum atomic E-state index is -0.484. The molecule has 1 N–H and O–H groups in total. The number of rotatable bonds is 4. The summed E-state index contributed by atoms with van der Waals surface area (Å²) < 4.78 is 18.8. The Bertz CT molecular complexity index is 927. The number of hydrogen-bond donors (Lipinski definition) is 1. The summed E-state index contributed by atoms with van der Waals surface area (Å²) in [6.07, 6.45) is 1.18. The van der Waals surface area contributed by atoms with Gasteiger partial charge in [-0.2, -0.15) is 0 Å². The van der Waals surface area contributed by atoms with Gasteiger partial charge in [0.05, 0.1) is 17.8 Å². The van der Waals surface area contributed by atoms with E-state index in [2.05, 4.69) is 5.32 Å². The van der Waals surface area contributed by atoms with Crippen LogP contribution in [0, 0.1) is 5.82 Å². The van der Waals surface area contributed by atoms with Crippen LogP contribution in [0.3, 0.4) is 0 Å². The Balaban J connectivity index is 1.70. The van der Waals surface area contributed by atoms with Gasteiger partial charge in [0.1, 0.15) is 17.7 Å². The van der Waals surface area contributed by atoms with Crippen LogP contribution in [-0.2, 0) is 6.54 Å². The molecular formula is C19H14ClFN2O2. The van der Waals surface area contributed by atoms with E-state index in [-0.39, 0.29) is 10.9 Å². The molecular weight excluding hydrogens is 343 g/mol. The van der Waals surface area contributed by atoms with E-state index in [1.54, 1.807) is 29.4 Å². The topological polar surface area (TPSA) is 45.5 Å². The van der Waals surface area contributed by atoms with Crippen molar-refractivity contribution in [2.75, 3.05) is 5.32 Å². The largest absolute Gasteiger partial charge is 0.467 e. The van der Waals surface area contributed by atoms with Crippen molar-refractivity contribution in [2.24, 2.45) is 0 Å². The van der Waals surface area contributed by atoms with Gasteiger partial charge >= 0.3 is 0 Å². The first-order valence-electron chi connectivity index (χ1n) is 7.77. The minimum Gasteiger partial charge on any atom is -0.467 e. The van der Waals surface area contributed by atoms with Gasteiger partial charge < -0.3 is 14.6 Å². The molecule has 0 unspecified atom stereocenters. The minimum absolute atomic E-state index is 0.0280. The maximum atomic E-state index is 13.4. The first-order chi connectivity index (χ1) is 12.1. The third kappa shape index (κ3) is 2.87. The number of halogens is 2. The monoisotopic (exact) mass is 356 g/mol. The van der Waals surface area contributed by atoms with Crippen molar-refractivity contribution in [3.05, 3.63) is 88.6 Å². The lowest BCUT2D eigenvalue weighted by molar-refractivity contribution is 0.0715. The quantitative estimate of drug-likeness (QED) is 0.727. The number of nitrogens with one attached hydrogen (secondary N) is 1. The molecule has 0 fully saturated rings. The van der Waals surface area contributed by atoms with Crippen LogP contribution in [0.25, 0.3) is 0 Å². The highest BCUT2D eigenvalue weighted by molar-refractivity contribution is 6.31. The van der Waals surface area contributed by atoms with E-state index in [1.165, 1.54) is 12.1 Å². The van der Waals surface area contributed by atoms with Gasteiger partial charge in [-0.15, -0.1) is 0 Å². The van der Waals surface area contributed by atoms with Crippen molar-refractivity contribution < 1.29 is 13.6 Å². The fraction of sp³-hybridized carbons (Fsp3) is 0.105. The number of nitrogens with zero attached hydrogens (tertiary/aromatic N) is 1. The van der Waals surface area contributed by atoms with Gasteiger partial charge in [0.25, 0.3) is 5.91 Å². The molecule has 4 rings (SSSR count). The van der Waals surface area contributed by atoms with Gasteiger partial charge in [-0.25, -0.2) is 4.39 Å². The summed E-state index contributed by atoms with van der Waals surface area (Å²) in [6, 6.07) is 15.4. The first-order valence-corrected chi connectivity index (χ1v) is 8.15. The Kier molecular flexibility index (Phi) is 3.93. The molecule has 3 aromatic rings. The smallest absolute Gasteiger partial charge is 0.256 e. The fourth-order valence-corrected chi connectivity index (χ4v) is 3.18. The summed E-state index contributed by atoms with van der Waals surface area (Å²) in [7, 11) is 0. The van der Waals surface area contributed by atoms with E-state index in [9.17, 15) is 9.18 Å². The van der Waals surface area contributed by atoms with Crippen LogP contribution in [0.4, 0.5) is 10.1 Å². The van der Waals surface area contributed by atoms with Gasteiger partial charge in [-0.05, 0) is 36.4 Å². The molecule has 0 saturated carbocycles. The highest BCUT2D eigenvalue weighted by Crippen LogP contribution is 2.36. The Labute approximate surface area is 148 Å². The van der Waals surface area contributed by atoms with Crippen LogP contribution < -0.4 is 5.32 Å². The number of amides is 1. The van der Waals surface area contributed by atoms with E-state index in [0.717, 1.165) is 5.56 Å². The van der Waals surface area contributed by atoms with Crippen LogP contribution in [0.1, 0.15) is 27.8 Å². The molecule has 0 spiro atoms. The Morgan fingerprint density at radius 2 is 2.00 bits per heavy atom. The summed E-state index contributed by atoms with van der Waals surface area (Å²) in [5, 5.41) is 3.30. The van der Waals surface area contributed by atoms with Gasteiger partial charge in [-0.1, -0.05) is 29.8 Å². The molecule has 25 heavy (non-hydrogen) atoms. The van der Waals surface area contributed by atoms with Gasteiger partial charge in [-0.3, -0.25) is 4.79 Å². The summed E-state index contributed by atoms with van der Waals surface area (Å²) >= 11 is 5.87. The summed E-state index contributed by atoms with van der Waals surface area (Å²) in [5.74, 6) is 0.116. The van der Waals surface area contributed by atoms with E-state index >= 15 is 0 Å². The molecule has 4 nitrogen and oxygen atoms in total. The third-order valence-corrected chi connectivity index (χ3v) is 4.48. The van der Waals surface area contributed by atoms with Crippen LogP contribution in [-0.4, -0.2) is 10.8 Å². The van der Waals surface area contributed by atoms with Crippen molar-refractivity contribution in [3.8, 4) is 0 Å². The number of hydrogen-bond acceptors (Lipinski definition) is 3. The predicted octanol–water partition coefficient (Wildman–Crippen LogP) is 4.84. The number of carbonyl (C=O) groups is 1. The average Bonchev–Trinajstić information content (AvgIpc) is 3.21. The zero-order chi connectivity index (χ0) is 17.4. The van der Waals surface area contributed by atoms with Crippen LogP contribution >= 0.6 is 11.6 Å². The van der Waals surface area contributed by atoms with Crippen LogP contribution in [0.5, 0.6) is 0 Å². The molecule has 6 heteroatoms. The van der Waals surface area contributed by atoms with Gasteiger partial charge in [0.2, 0.25) is 0 Å². The van der Waals surface area contributed by atoms with Gasteiger partial charge in [0.15, 0.2) is 0 Å². The SMILES string of the molecule is O=C1c2ccccc2[C@H](Nc2ccc(F)c(Cl)c2)N1Cc1ccco1. The Hall–Kier alpha value is -2.79. The lowest BCUT2D eigenvalue weighted by Gasteiger charge is -2.26. The Morgan fingerprint density at radius 1 is 1.16 bits per heavy atom. The number of carbonyl (C=O) groups excluding carboxylic acids is 1. The van der Waals surface area contributed by atoms with Crippen molar-refractivity contribution in [3.63, 3.8) is 0 Å². The zero-order valence-corrected chi connectivity index (χ0v) is 13.8. The maximum absolute atomic E-state index is 13.4. The predicted molar refractivity (Wildman–Crippen MR) is 92.8 cm³/mol. The number of furan rings is 1. The van der Waals surface area contributed by atoms with E-state index < -0.39 is 12.0 Å². The average molecular weight is 357 g/mol. The third-order valence-electron chi connectivity index (χ3n) is 4.19. The first kappa shape index (κ1) is 15.7. The molecule has 0 saturated heterocycles. The highest BCUT2D eigenvalue weighted by atomic mass is 35.5. The second kappa shape index (κ2) is 6.26. The van der Waals surface area contributed by atoms with Gasteiger partial charge in [0, 0.05) is 16.8 Å². The normalized spacial score (nSPS) is 16.2. The standard InChI is InChI=1S/C19H14ClFN2O2/c20-16-10-12(7-8-17(16)21)22-18-14-5-1-2-6-15(14)19(24)23(18)11-13-4-3-9-25-13/h1-10,18,22H,11H2/t18-/m1/s1. The lowest BCUT2D eigenvalue weighted by atomic mass is 10.1. The fourth-order valence-electron chi connectivity index (χ4n) is 3.00. The summed E-state index contributed by atoms with van der Waals surface area (Å²) in [4.78, 5) is 14.5. The lowest BCUT2D eigenvalue weighted by Crippen LogP contribution is -2.31. The van der Waals surface area contributed by atoms with Crippen molar-refractivity contribution in [1.29, 1.82) is 0 Å².